The number of benzene rings is 1. The molecule has 0 aromatic heterocycles. The number of hydrogen-bond donors (Lipinski definition) is 1. The first-order valence-corrected chi connectivity index (χ1v) is 7.67. The van der Waals surface area contributed by atoms with Crippen molar-refractivity contribution >= 4 is 23.6 Å². The Morgan fingerprint density at radius 1 is 1.48 bits per heavy atom. The van der Waals surface area contributed by atoms with Crippen LogP contribution >= 0.6 is 11.6 Å². The van der Waals surface area contributed by atoms with Crippen LogP contribution in [0.1, 0.15) is 17.5 Å². The second kappa shape index (κ2) is 7.36. The van der Waals surface area contributed by atoms with E-state index in [1.54, 1.807) is 4.90 Å². The summed E-state index contributed by atoms with van der Waals surface area (Å²) in [6.07, 6.45) is -0.897. The number of nitrogens with one attached hydrogen (secondary N) is 1. The lowest BCUT2D eigenvalue weighted by Crippen LogP contribution is -2.28. The van der Waals surface area contributed by atoms with E-state index in [0.717, 1.165) is 25.1 Å². The third-order valence-electron chi connectivity index (χ3n) is 3.82. The maximum absolute atomic E-state index is 12.7. The first-order chi connectivity index (χ1) is 10.8. The lowest BCUT2D eigenvalue weighted by molar-refractivity contribution is -0.137. The van der Waals surface area contributed by atoms with E-state index in [1.807, 2.05) is 7.05 Å². The van der Waals surface area contributed by atoms with Crippen molar-refractivity contribution in [1.82, 2.24) is 10.2 Å². The molecule has 1 aromatic rings. The van der Waals surface area contributed by atoms with Crippen molar-refractivity contribution in [3.8, 4) is 0 Å². The van der Waals surface area contributed by atoms with Gasteiger partial charge >= 0.3 is 6.18 Å². The standard InChI is InChI=1S/C16H18ClF3N2O/c1-21-9-11-6-7-22(10-11)15(23)5-2-12-8-13(16(18,19)20)3-4-14(12)17/h2-5,8,11,21H,6-7,9-10H2,1H3. The summed E-state index contributed by atoms with van der Waals surface area (Å²) in [5, 5.41) is 3.25. The van der Waals surface area contributed by atoms with E-state index in [4.69, 9.17) is 11.6 Å². The molecule has 1 aromatic carbocycles. The van der Waals surface area contributed by atoms with Crippen molar-refractivity contribution < 1.29 is 18.0 Å². The molecule has 2 rings (SSSR count). The minimum atomic E-state index is -4.44. The summed E-state index contributed by atoms with van der Waals surface area (Å²) >= 11 is 5.90. The van der Waals surface area contributed by atoms with Gasteiger partial charge in [0.2, 0.25) is 5.91 Å². The van der Waals surface area contributed by atoms with Gasteiger partial charge in [0.05, 0.1) is 5.56 Å². The van der Waals surface area contributed by atoms with Gasteiger partial charge < -0.3 is 10.2 Å². The summed E-state index contributed by atoms with van der Waals surface area (Å²) in [5.74, 6) is 0.201. The Labute approximate surface area is 138 Å². The van der Waals surface area contributed by atoms with Gasteiger partial charge in [-0.25, -0.2) is 0 Å². The highest BCUT2D eigenvalue weighted by atomic mass is 35.5. The number of likely N-dealkylation sites (tertiary alicyclic amines) is 1. The molecule has 0 saturated carbocycles. The molecule has 7 heteroatoms. The fourth-order valence-electron chi connectivity index (χ4n) is 2.60. The van der Waals surface area contributed by atoms with E-state index in [1.165, 1.54) is 18.2 Å². The smallest absolute Gasteiger partial charge is 0.339 e. The van der Waals surface area contributed by atoms with Crippen LogP contribution in [0, 0.1) is 5.92 Å². The fraction of sp³-hybridized carbons (Fsp3) is 0.438. The Hall–Kier alpha value is -1.53. The number of amides is 1. The summed E-state index contributed by atoms with van der Waals surface area (Å²) in [5.41, 5.74) is -0.606. The van der Waals surface area contributed by atoms with E-state index < -0.39 is 11.7 Å². The van der Waals surface area contributed by atoms with E-state index in [2.05, 4.69) is 5.32 Å². The average molecular weight is 347 g/mol. The zero-order chi connectivity index (χ0) is 17.0. The van der Waals surface area contributed by atoms with Crippen molar-refractivity contribution in [2.45, 2.75) is 12.6 Å². The normalized spacial score (nSPS) is 18.8. The van der Waals surface area contributed by atoms with Gasteiger partial charge in [0.1, 0.15) is 0 Å². The Balaban J connectivity index is 2.07. The van der Waals surface area contributed by atoms with Crippen LogP contribution in [-0.4, -0.2) is 37.5 Å². The summed E-state index contributed by atoms with van der Waals surface area (Å²) < 4.78 is 38.1. The molecule has 1 fully saturated rings. The summed E-state index contributed by atoms with van der Waals surface area (Å²) in [6, 6.07) is 3.05. The quantitative estimate of drug-likeness (QED) is 0.847. The molecule has 0 spiro atoms. The second-order valence-corrected chi connectivity index (χ2v) is 5.97. The van der Waals surface area contributed by atoms with Gasteiger partial charge in [-0.15, -0.1) is 0 Å². The molecule has 1 saturated heterocycles. The zero-order valence-corrected chi connectivity index (χ0v) is 13.4. The molecule has 1 N–H and O–H groups in total. The Bertz CT molecular complexity index is 601. The molecule has 1 unspecified atom stereocenters. The van der Waals surface area contributed by atoms with Gasteiger partial charge in [-0.1, -0.05) is 11.6 Å². The summed E-state index contributed by atoms with van der Waals surface area (Å²) in [6.45, 7) is 2.15. The van der Waals surface area contributed by atoms with E-state index >= 15 is 0 Å². The van der Waals surface area contributed by atoms with Gasteiger partial charge in [-0.2, -0.15) is 13.2 Å². The third kappa shape index (κ3) is 4.72. The van der Waals surface area contributed by atoms with Gasteiger partial charge in [0.25, 0.3) is 0 Å². The Morgan fingerprint density at radius 2 is 2.22 bits per heavy atom. The highest BCUT2D eigenvalue weighted by molar-refractivity contribution is 6.32. The zero-order valence-electron chi connectivity index (χ0n) is 12.7. The number of alkyl halides is 3. The lowest BCUT2D eigenvalue weighted by atomic mass is 10.1. The highest BCUT2D eigenvalue weighted by Crippen LogP contribution is 2.32. The first kappa shape index (κ1) is 17.8. The Morgan fingerprint density at radius 3 is 2.87 bits per heavy atom. The highest BCUT2D eigenvalue weighted by Gasteiger charge is 2.30. The van der Waals surface area contributed by atoms with Crippen LogP contribution in [0.25, 0.3) is 6.08 Å². The Kier molecular flexibility index (Phi) is 5.70. The molecule has 1 aliphatic heterocycles. The number of rotatable bonds is 4. The third-order valence-corrected chi connectivity index (χ3v) is 4.16. The fourth-order valence-corrected chi connectivity index (χ4v) is 2.78. The van der Waals surface area contributed by atoms with Crippen molar-refractivity contribution in [2.75, 3.05) is 26.7 Å². The van der Waals surface area contributed by atoms with Crippen LogP contribution in [0.2, 0.25) is 5.02 Å². The van der Waals surface area contributed by atoms with Crippen LogP contribution in [0.15, 0.2) is 24.3 Å². The lowest BCUT2D eigenvalue weighted by Gasteiger charge is -2.14. The van der Waals surface area contributed by atoms with Crippen LogP contribution in [0.3, 0.4) is 0 Å². The monoisotopic (exact) mass is 346 g/mol. The number of nitrogens with zero attached hydrogens (tertiary/aromatic N) is 1. The minimum absolute atomic E-state index is 0.177. The van der Waals surface area contributed by atoms with E-state index in [9.17, 15) is 18.0 Å². The van der Waals surface area contributed by atoms with Crippen molar-refractivity contribution in [3.05, 3.63) is 40.4 Å². The molecule has 0 radical (unpaired) electrons. The predicted molar refractivity (Wildman–Crippen MR) is 84.1 cm³/mol. The maximum Gasteiger partial charge on any atom is 0.416 e. The topological polar surface area (TPSA) is 32.3 Å². The average Bonchev–Trinajstić information content (AvgIpc) is 2.94. The van der Waals surface area contributed by atoms with Gasteiger partial charge in [-0.05, 0) is 55.8 Å². The SMILES string of the molecule is CNCC1CCN(C(=O)C=Cc2cc(C(F)(F)F)ccc2Cl)C1. The van der Waals surface area contributed by atoms with E-state index in [-0.39, 0.29) is 16.5 Å². The number of halogens is 4. The molecular formula is C16H18ClF3N2O. The van der Waals surface area contributed by atoms with Crippen molar-refractivity contribution in [1.29, 1.82) is 0 Å². The number of hydrogen-bond acceptors (Lipinski definition) is 2. The van der Waals surface area contributed by atoms with Gasteiger partial charge in [0, 0.05) is 24.2 Å². The molecular weight excluding hydrogens is 329 g/mol. The van der Waals surface area contributed by atoms with Crippen molar-refractivity contribution in [2.24, 2.45) is 5.92 Å². The predicted octanol–water partition coefficient (Wildman–Crippen LogP) is 3.44. The molecule has 23 heavy (non-hydrogen) atoms. The first-order valence-electron chi connectivity index (χ1n) is 7.29. The maximum atomic E-state index is 12.7. The largest absolute Gasteiger partial charge is 0.416 e. The summed E-state index contributed by atoms with van der Waals surface area (Å²) in [4.78, 5) is 13.8. The van der Waals surface area contributed by atoms with Crippen LogP contribution in [0.4, 0.5) is 13.2 Å². The molecule has 126 valence electrons. The van der Waals surface area contributed by atoms with E-state index in [0.29, 0.717) is 19.0 Å². The van der Waals surface area contributed by atoms with Gasteiger partial charge in [-0.3, -0.25) is 4.79 Å². The second-order valence-electron chi connectivity index (χ2n) is 5.56. The summed E-state index contributed by atoms with van der Waals surface area (Å²) in [7, 11) is 1.86. The number of carbonyl (C=O) groups excluding carboxylic acids is 1. The molecule has 1 atom stereocenters. The molecule has 1 heterocycles. The van der Waals surface area contributed by atoms with Gasteiger partial charge in [0.15, 0.2) is 0 Å². The van der Waals surface area contributed by atoms with Crippen LogP contribution in [-0.2, 0) is 11.0 Å². The molecule has 0 aliphatic carbocycles. The van der Waals surface area contributed by atoms with Crippen molar-refractivity contribution in [3.63, 3.8) is 0 Å². The van der Waals surface area contributed by atoms with Crippen LogP contribution in [0.5, 0.6) is 0 Å². The molecule has 0 bridgehead atoms. The minimum Gasteiger partial charge on any atom is -0.339 e. The van der Waals surface area contributed by atoms with Crippen LogP contribution < -0.4 is 5.32 Å². The molecule has 3 nitrogen and oxygen atoms in total. The number of carbonyl (C=O) groups is 1. The molecule has 1 amide bonds. The molecule has 1 aliphatic rings.